The third-order valence-corrected chi connectivity index (χ3v) is 5.78. The third-order valence-electron chi connectivity index (χ3n) is 4.40. The second kappa shape index (κ2) is 11.2. The number of carbonyl (C=O) groups is 1. The fourth-order valence-corrected chi connectivity index (χ4v) is 3.80. The number of rotatable bonds is 11. The summed E-state index contributed by atoms with van der Waals surface area (Å²) >= 11 is 0. The molecule has 2 rings (SSSR count). The standard InChI is InChI=1S/C22H28FO5P/c1-4-27-29(3,25)28-15-9-8-14-26-22(24)17(2)19-12-13-20(21(23)16-19)18-10-6-5-7-11-18/h5-7,10-13,16-17H,4,8-9,14-15H2,1-3H3. The molecule has 7 heteroatoms. The van der Waals surface area contributed by atoms with Gasteiger partial charge in [-0.15, -0.1) is 0 Å². The van der Waals surface area contributed by atoms with E-state index >= 15 is 0 Å². The molecule has 0 N–H and O–H groups in total. The Kier molecular flexibility index (Phi) is 9.02. The van der Waals surface area contributed by atoms with Gasteiger partial charge in [-0.2, -0.15) is 0 Å². The maximum absolute atomic E-state index is 14.5. The van der Waals surface area contributed by atoms with E-state index in [2.05, 4.69) is 0 Å². The van der Waals surface area contributed by atoms with E-state index < -0.39 is 19.5 Å². The summed E-state index contributed by atoms with van der Waals surface area (Å²) in [5.74, 6) is -1.35. The smallest absolute Gasteiger partial charge is 0.327 e. The molecule has 0 heterocycles. The van der Waals surface area contributed by atoms with E-state index in [-0.39, 0.29) is 19.0 Å². The first-order valence-electron chi connectivity index (χ1n) is 9.72. The van der Waals surface area contributed by atoms with Crippen molar-refractivity contribution in [2.75, 3.05) is 26.5 Å². The molecule has 0 saturated heterocycles. The average molecular weight is 422 g/mol. The molecule has 158 valence electrons. The van der Waals surface area contributed by atoms with Gasteiger partial charge in [0.05, 0.1) is 25.7 Å². The zero-order valence-corrected chi connectivity index (χ0v) is 18.0. The molecule has 0 aliphatic heterocycles. The molecule has 0 aromatic heterocycles. The van der Waals surface area contributed by atoms with Crippen LogP contribution in [0, 0.1) is 5.82 Å². The fraction of sp³-hybridized carbons (Fsp3) is 0.409. The van der Waals surface area contributed by atoms with Crippen LogP contribution in [0.2, 0.25) is 0 Å². The van der Waals surface area contributed by atoms with Gasteiger partial charge in [0.2, 0.25) is 0 Å². The highest BCUT2D eigenvalue weighted by atomic mass is 31.2. The van der Waals surface area contributed by atoms with Gasteiger partial charge in [0.1, 0.15) is 5.82 Å². The quantitative estimate of drug-likeness (QED) is 0.260. The molecule has 0 bridgehead atoms. The average Bonchev–Trinajstić information content (AvgIpc) is 2.70. The maximum atomic E-state index is 14.5. The number of hydrogen-bond donors (Lipinski definition) is 0. The normalized spacial score (nSPS) is 14.2. The van der Waals surface area contributed by atoms with Crippen LogP contribution < -0.4 is 0 Å². The lowest BCUT2D eigenvalue weighted by atomic mass is 9.97. The van der Waals surface area contributed by atoms with Gasteiger partial charge in [0.15, 0.2) is 0 Å². The first-order valence-corrected chi connectivity index (χ1v) is 11.7. The summed E-state index contributed by atoms with van der Waals surface area (Å²) in [5.41, 5.74) is 1.85. The van der Waals surface area contributed by atoms with Crippen molar-refractivity contribution in [3.8, 4) is 11.1 Å². The van der Waals surface area contributed by atoms with Gasteiger partial charge in [-0.1, -0.05) is 42.5 Å². The Hall–Kier alpha value is -2.01. The second-order valence-corrected chi connectivity index (χ2v) is 8.78. The van der Waals surface area contributed by atoms with E-state index in [4.69, 9.17) is 13.8 Å². The molecule has 5 nitrogen and oxygen atoms in total. The molecular weight excluding hydrogens is 394 g/mol. The lowest BCUT2D eigenvalue weighted by molar-refractivity contribution is -0.145. The Morgan fingerprint density at radius 3 is 2.41 bits per heavy atom. The Morgan fingerprint density at radius 2 is 1.76 bits per heavy atom. The van der Waals surface area contributed by atoms with E-state index in [9.17, 15) is 13.8 Å². The van der Waals surface area contributed by atoms with Crippen molar-refractivity contribution < 1.29 is 27.5 Å². The van der Waals surface area contributed by atoms with Crippen LogP contribution in [-0.4, -0.2) is 32.5 Å². The zero-order chi connectivity index (χ0) is 21.3. The van der Waals surface area contributed by atoms with E-state index in [0.717, 1.165) is 5.56 Å². The summed E-state index contributed by atoms with van der Waals surface area (Å²) in [4.78, 5) is 12.2. The molecule has 0 saturated carbocycles. The Balaban J connectivity index is 1.80. The van der Waals surface area contributed by atoms with Gasteiger partial charge in [0.25, 0.3) is 0 Å². The molecule has 29 heavy (non-hydrogen) atoms. The highest BCUT2D eigenvalue weighted by Crippen LogP contribution is 2.43. The molecule has 0 aliphatic rings. The number of carbonyl (C=O) groups excluding carboxylic acids is 1. The van der Waals surface area contributed by atoms with Gasteiger partial charge >= 0.3 is 13.6 Å². The predicted octanol–water partition coefficient (Wildman–Crippen LogP) is 5.80. The van der Waals surface area contributed by atoms with E-state index in [1.165, 1.54) is 12.7 Å². The van der Waals surface area contributed by atoms with Crippen LogP contribution in [-0.2, 0) is 23.1 Å². The van der Waals surface area contributed by atoms with Gasteiger partial charge in [-0.05, 0) is 43.9 Å². The first kappa shape index (κ1) is 23.3. The van der Waals surface area contributed by atoms with Crippen molar-refractivity contribution in [1.29, 1.82) is 0 Å². The highest BCUT2D eigenvalue weighted by molar-refractivity contribution is 7.52. The minimum Gasteiger partial charge on any atom is -0.465 e. The van der Waals surface area contributed by atoms with Gasteiger partial charge in [-0.25, -0.2) is 4.39 Å². The summed E-state index contributed by atoms with van der Waals surface area (Å²) < 4.78 is 41.8. The lowest BCUT2D eigenvalue weighted by Gasteiger charge is -2.14. The first-order chi connectivity index (χ1) is 13.8. The van der Waals surface area contributed by atoms with Gasteiger partial charge in [0, 0.05) is 12.2 Å². The van der Waals surface area contributed by atoms with Crippen LogP contribution in [0.1, 0.15) is 38.2 Å². The van der Waals surface area contributed by atoms with Crippen LogP contribution in [0.4, 0.5) is 4.39 Å². The Labute approximate surface area is 171 Å². The monoisotopic (exact) mass is 422 g/mol. The number of ether oxygens (including phenoxy) is 1. The molecule has 2 aromatic carbocycles. The topological polar surface area (TPSA) is 61.8 Å². The summed E-state index contributed by atoms with van der Waals surface area (Å²) in [6.45, 7) is 5.70. The van der Waals surface area contributed by atoms with E-state index in [1.807, 2.05) is 30.3 Å². The fourth-order valence-electron chi connectivity index (χ4n) is 2.79. The third kappa shape index (κ3) is 7.39. The molecule has 0 spiro atoms. The SMILES string of the molecule is CCOP(C)(=O)OCCCCOC(=O)C(C)c1ccc(-c2ccccc2)c(F)c1. The number of esters is 1. The largest absolute Gasteiger partial charge is 0.465 e. The van der Waals surface area contributed by atoms with Crippen LogP contribution in [0.25, 0.3) is 11.1 Å². The van der Waals surface area contributed by atoms with Crippen molar-refractivity contribution in [2.45, 2.75) is 32.6 Å². The Bertz CT molecular complexity index is 840. The molecule has 2 atom stereocenters. The van der Waals surface area contributed by atoms with Crippen molar-refractivity contribution in [1.82, 2.24) is 0 Å². The van der Waals surface area contributed by atoms with Crippen molar-refractivity contribution in [3.63, 3.8) is 0 Å². The zero-order valence-electron chi connectivity index (χ0n) is 17.1. The van der Waals surface area contributed by atoms with Crippen LogP contribution in [0.3, 0.4) is 0 Å². The number of unbranched alkanes of at least 4 members (excludes halogenated alkanes) is 1. The summed E-state index contributed by atoms with van der Waals surface area (Å²) in [6, 6.07) is 14.1. The van der Waals surface area contributed by atoms with Gasteiger partial charge in [-0.3, -0.25) is 9.36 Å². The summed E-state index contributed by atoms with van der Waals surface area (Å²) in [7, 11) is -2.99. The number of benzene rings is 2. The minimum absolute atomic E-state index is 0.222. The van der Waals surface area contributed by atoms with Crippen LogP contribution in [0.15, 0.2) is 48.5 Å². The molecule has 2 aromatic rings. The van der Waals surface area contributed by atoms with Crippen molar-refractivity contribution >= 4 is 13.6 Å². The van der Waals surface area contributed by atoms with Gasteiger partial charge < -0.3 is 13.8 Å². The van der Waals surface area contributed by atoms with E-state index in [0.29, 0.717) is 30.6 Å². The second-order valence-electron chi connectivity index (χ2n) is 6.72. The molecular formula is C22H28FO5P. The van der Waals surface area contributed by atoms with E-state index in [1.54, 1.807) is 26.0 Å². The van der Waals surface area contributed by atoms with Crippen molar-refractivity contribution in [2.24, 2.45) is 0 Å². The van der Waals surface area contributed by atoms with Crippen LogP contribution in [0.5, 0.6) is 0 Å². The highest BCUT2D eigenvalue weighted by Gasteiger charge is 2.19. The molecule has 0 fully saturated rings. The molecule has 0 radical (unpaired) electrons. The minimum atomic E-state index is -2.99. The number of hydrogen-bond acceptors (Lipinski definition) is 5. The van der Waals surface area contributed by atoms with Crippen molar-refractivity contribution in [3.05, 3.63) is 59.9 Å². The molecule has 0 aliphatic carbocycles. The summed E-state index contributed by atoms with van der Waals surface area (Å²) in [5, 5.41) is 0. The molecule has 0 amide bonds. The Morgan fingerprint density at radius 1 is 1.07 bits per heavy atom. The lowest BCUT2D eigenvalue weighted by Crippen LogP contribution is -2.14. The predicted molar refractivity (Wildman–Crippen MR) is 112 cm³/mol. The van der Waals surface area contributed by atoms with Crippen LogP contribution >= 0.6 is 7.60 Å². The maximum Gasteiger partial charge on any atom is 0.327 e. The summed E-state index contributed by atoms with van der Waals surface area (Å²) in [6.07, 6.45) is 1.17. The number of halogens is 1. The molecule has 2 unspecified atom stereocenters.